The molecule has 0 aromatic heterocycles. The van der Waals surface area contributed by atoms with Crippen LogP contribution in [0, 0.1) is 126 Å². The lowest BCUT2D eigenvalue weighted by Gasteiger charge is -2.47. The second-order valence-electron chi connectivity index (χ2n) is 37.4. The fraction of sp³-hybridized carbons (Fsp3) is 1.00. The van der Waals surface area contributed by atoms with Crippen molar-refractivity contribution in [3.05, 3.63) is 0 Å². The molecule has 0 spiro atoms. The summed E-state index contributed by atoms with van der Waals surface area (Å²) >= 11 is 0. The van der Waals surface area contributed by atoms with Crippen molar-refractivity contribution in [2.24, 2.45) is 126 Å². The highest BCUT2D eigenvalue weighted by Gasteiger charge is 2.46. The third kappa shape index (κ3) is 27.1. The molecule has 0 aromatic rings. The van der Waals surface area contributed by atoms with Gasteiger partial charge < -0.3 is 0 Å². The number of hydrogen-bond acceptors (Lipinski definition) is 0. The predicted octanol–water partition coefficient (Wildman–Crippen LogP) is 27.4. The van der Waals surface area contributed by atoms with Gasteiger partial charge in [0.05, 0.1) is 0 Å². The Balaban J connectivity index is 0.000000304. The lowest BCUT2D eigenvalue weighted by molar-refractivity contribution is 0.0286. The zero-order valence-corrected chi connectivity index (χ0v) is 60.6. The number of fused-ring (bicyclic) bond motifs is 2. The van der Waals surface area contributed by atoms with Gasteiger partial charge in [-0.2, -0.15) is 0 Å². The van der Waals surface area contributed by atoms with E-state index in [1.165, 1.54) is 186 Å². The van der Waals surface area contributed by atoms with Gasteiger partial charge in [0, 0.05) is 0 Å². The standard InChI is InChI=1S/C11H22.C9H16.3C9H18.4C8H16/c1-9-10(2,3)7-6-8-11(9,4)5;1-7-5-8-3-4-9(7,2)6-8;1-8-4-6-9(2,3)7-5-8;1-8-6-4-5-7-9(8,2)3;1-7-5-4-6-8(2)9(7)3;2*1-7-4-5-8(2,3)6-7;1-7-5-4-6-8(7,2)3;1-6-4-5-7(2)8(6)3/h9H,6-8H2,1-5H3;7-8H,3-6H2,1-2H3;2*8H,4-7H2,1-3H3;7-9H,4-6H2,1-3H3;3*7H,4-6H2,1-3H3;6-8H,4-5H2,1-3H3/t;7-,8?,9?;;;;7-;;7-;/m.0...0.0./s1. The molecule has 472 valence electrons. The molecule has 0 radical (unpaired) electrons. The van der Waals surface area contributed by atoms with E-state index in [2.05, 4.69) is 194 Å². The highest BCUT2D eigenvalue weighted by molar-refractivity contribution is 4.97. The molecule has 10 rings (SSSR count). The molecule has 10 aliphatic carbocycles. The Morgan fingerprint density at radius 3 is 0.835 bits per heavy atom. The maximum atomic E-state index is 2.48. The first-order chi connectivity index (χ1) is 36.1. The van der Waals surface area contributed by atoms with Crippen molar-refractivity contribution in [3.63, 3.8) is 0 Å². The first-order valence-corrected chi connectivity index (χ1v) is 36.1. The Labute approximate surface area is 503 Å². The van der Waals surface area contributed by atoms with E-state index in [0.717, 1.165) is 88.3 Å². The van der Waals surface area contributed by atoms with Gasteiger partial charge >= 0.3 is 0 Å². The second kappa shape index (κ2) is 32.7. The summed E-state index contributed by atoms with van der Waals surface area (Å²) in [4.78, 5) is 0. The van der Waals surface area contributed by atoms with Crippen LogP contribution in [0.5, 0.6) is 0 Å². The summed E-state index contributed by atoms with van der Waals surface area (Å²) in [5, 5.41) is 0. The van der Waals surface area contributed by atoms with E-state index in [1.807, 2.05) is 0 Å². The molecule has 0 heteroatoms. The van der Waals surface area contributed by atoms with Crippen LogP contribution in [0.3, 0.4) is 0 Å². The van der Waals surface area contributed by atoms with Crippen molar-refractivity contribution in [1.82, 2.24) is 0 Å². The molecule has 10 saturated carbocycles. The van der Waals surface area contributed by atoms with E-state index in [4.69, 9.17) is 0 Å². The molecule has 10 fully saturated rings. The summed E-state index contributed by atoms with van der Waals surface area (Å²) in [6.07, 6.45) is 42.3. The van der Waals surface area contributed by atoms with Crippen LogP contribution in [-0.4, -0.2) is 0 Å². The fourth-order valence-corrected chi connectivity index (χ4v) is 17.1. The zero-order valence-electron chi connectivity index (χ0n) is 60.6. The van der Waals surface area contributed by atoms with Crippen LogP contribution < -0.4 is 0 Å². The molecule has 11 atom stereocenters. The average Bonchev–Trinajstić information content (AvgIpc) is 4.18. The smallest absolute Gasteiger partial charge is 0.0297 e. The average molecular weight is 1110 g/mol. The summed E-state index contributed by atoms with van der Waals surface area (Å²) in [7, 11) is 0. The van der Waals surface area contributed by atoms with Crippen molar-refractivity contribution in [1.29, 1.82) is 0 Å². The van der Waals surface area contributed by atoms with Gasteiger partial charge in [-0.05, 0) is 216 Å². The molecule has 0 aliphatic heterocycles. The molecular formula is C79H156. The third-order valence-corrected chi connectivity index (χ3v) is 26.6. The van der Waals surface area contributed by atoms with Gasteiger partial charge in [-0.25, -0.2) is 0 Å². The summed E-state index contributed by atoms with van der Waals surface area (Å²) in [6.45, 7) is 66.9. The minimum absolute atomic E-state index is 0.571. The summed E-state index contributed by atoms with van der Waals surface area (Å²) in [5.41, 5.74) is 5.19. The summed E-state index contributed by atoms with van der Waals surface area (Å²) in [6, 6.07) is 0. The molecule has 0 aromatic carbocycles. The molecule has 2 bridgehead atoms. The van der Waals surface area contributed by atoms with Crippen molar-refractivity contribution in [2.45, 2.75) is 380 Å². The van der Waals surface area contributed by atoms with Gasteiger partial charge in [-0.1, -0.05) is 290 Å². The Morgan fingerprint density at radius 2 is 0.620 bits per heavy atom. The van der Waals surface area contributed by atoms with Crippen molar-refractivity contribution in [2.75, 3.05) is 0 Å². The Morgan fingerprint density at radius 1 is 0.253 bits per heavy atom. The Kier molecular flexibility index (Phi) is 31.0. The normalized spacial score (nSPS) is 38.6. The maximum absolute atomic E-state index is 2.48. The highest BCUT2D eigenvalue weighted by Crippen LogP contribution is 2.57. The fourth-order valence-electron chi connectivity index (χ4n) is 17.1. The molecule has 0 N–H and O–H groups in total. The number of rotatable bonds is 0. The van der Waals surface area contributed by atoms with Gasteiger partial charge in [0.25, 0.3) is 0 Å². The zero-order chi connectivity index (χ0) is 60.6. The lowest BCUT2D eigenvalue weighted by Crippen LogP contribution is -2.38. The maximum Gasteiger partial charge on any atom is -0.0297 e. The van der Waals surface area contributed by atoms with Gasteiger partial charge in [0.1, 0.15) is 0 Å². The second-order valence-corrected chi connectivity index (χ2v) is 37.4. The van der Waals surface area contributed by atoms with Crippen LogP contribution in [0.4, 0.5) is 0 Å². The molecule has 0 heterocycles. The summed E-state index contributed by atoms with van der Waals surface area (Å²) in [5.74, 6) is 13.8. The van der Waals surface area contributed by atoms with E-state index in [9.17, 15) is 0 Å². The Hall–Kier alpha value is 0. The monoisotopic (exact) mass is 1110 g/mol. The quantitative estimate of drug-likeness (QED) is 0.227. The SMILES string of the molecule is CC1C(C)(C)CCCC1(C)C.CC1CCC(C)(C)C1.CC1CCC(C)(C)CC1.CC1CCC(C)C1C.CC1CCCC(C)C1C.CC1CCCCC1(C)C.C[C@H]1CC2CCC1(C)C2.C[C@H]1CCC(C)(C)C1.C[C@H]1CCCC1(C)C. The molecule has 8 unspecified atom stereocenters. The third-order valence-electron chi connectivity index (χ3n) is 26.6. The van der Waals surface area contributed by atoms with Crippen LogP contribution in [0.1, 0.15) is 380 Å². The molecule has 0 amide bonds. The van der Waals surface area contributed by atoms with Crippen LogP contribution in [-0.2, 0) is 0 Å². The predicted molar refractivity (Wildman–Crippen MR) is 361 cm³/mol. The lowest BCUT2D eigenvalue weighted by atomic mass is 9.58. The minimum Gasteiger partial charge on any atom is -0.0625 e. The topological polar surface area (TPSA) is 0 Å². The minimum atomic E-state index is 0.571. The van der Waals surface area contributed by atoms with Crippen molar-refractivity contribution < 1.29 is 0 Å². The van der Waals surface area contributed by atoms with E-state index < -0.39 is 0 Å². The molecule has 0 nitrogen and oxygen atoms in total. The Bertz CT molecular complexity index is 1540. The highest BCUT2D eigenvalue weighted by atomic mass is 14.5. The van der Waals surface area contributed by atoms with Crippen molar-refractivity contribution >= 4 is 0 Å². The van der Waals surface area contributed by atoms with Gasteiger partial charge in [-0.15, -0.1) is 0 Å². The van der Waals surface area contributed by atoms with Gasteiger partial charge in [0.15, 0.2) is 0 Å². The first-order valence-electron chi connectivity index (χ1n) is 36.1. The van der Waals surface area contributed by atoms with Crippen LogP contribution in [0.2, 0.25) is 0 Å². The molecule has 10 aliphatic rings. The van der Waals surface area contributed by atoms with Gasteiger partial charge in [0.2, 0.25) is 0 Å². The molecular weight excluding hydrogens is 949 g/mol. The van der Waals surface area contributed by atoms with Crippen LogP contribution in [0.25, 0.3) is 0 Å². The van der Waals surface area contributed by atoms with Crippen LogP contribution in [0.15, 0.2) is 0 Å². The van der Waals surface area contributed by atoms with E-state index in [0.29, 0.717) is 37.9 Å². The molecule has 79 heavy (non-hydrogen) atoms. The largest absolute Gasteiger partial charge is 0.0625 e. The number of hydrogen-bond donors (Lipinski definition) is 0. The first kappa shape index (κ1) is 75.1. The van der Waals surface area contributed by atoms with Gasteiger partial charge in [-0.3, -0.25) is 0 Å². The van der Waals surface area contributed by atoms with E-state index in [1.54, 1.807) is 0 Å². The van der Waals surface area contributed by atoms with Crippen molar-refractivity contribution in [3.8, 4) is 0 Å². The van der Waals surface area contributed by atoms with Crippen LogP contribution >= 0.6 is 0 Å². The van der Waals surface area contributed by atoms with E-state index in [-0.39, 0.29) is 0 Å². The van der Waals surface area contributed by atoms with E-state index >= 15 is 0 Å². The summed E-state index contributed by atoms with van der Waals surface area (Å²) < 4.78 is 0. The molecule has 0 saturated heterocycles.